The van der Waals surface area contributed by atoms with Crippen molar-refractivity contribution in [1.82, 2.24) is 10.6 Å². The van der Waals surface area contributed by atoms with E-state index in [1.165, 1.54) is 45.9 Å². The van der Waals surface area contributed by atoms with Crippen LogP contribution in [-0.4, -0.2) is 89.8 Å². The molecule has 1 saturated heterocycles. The molecule has 1 aromatic carbocycles. The van der Waals surface area contributed by atoms with Gasteiger partial charge in [0.25, 0.3) is 11.8 Å². The Kier molecular flexibility index (Phi) is 16.2. The second-order valence-corrected chi connectivity index (χ2v) is 14.6. The average Bonchev–Trinajstić information content (AvgIpc) is 3.07. The number of nitrogens with two attached hydrogens (primary N) is 1. The lowest BCUT2D eigenvalue weighted by atomic mass is 9.81. The number of carbonyl (C=O) groups is 7. The van der Waals surface area contributed by atoms with Crippen LogP contribution in [0, 0.1) is 23.2 Å². The Bertz CT molecular complexity index is 1510. The number of ketones is 1. The number of hydrogen-bond acceptors (Lipinski definition) is 14. The molecule has 1 fully saturated rings. The number of rotatable bonds is 10. The van der Waals surface area contributed by atoms with E-state index < -0.39 is 95.1 Å². The van der Waals surface area contributed by atoms with Gasteiger partial charge >= 0.3 is 23.9 Å². The fraction of sp³-hybridized carbons (Fsp3) is 0.649. The summed E-state index contributed by atoms with van der Waals surface area (Å²) in [5, 5.41) is 15.6. The van der Waals surface area contributed by atoms with E-state index in [2.05, 4.69) is 10.6 Å². The zero-order valence-electron chi connectivity index (χ0n) is 32.2. The Morgan fingerprint density at radius 2 is 1.55 bits per heavy atom. The minimum absolute atomic E-state index is 0.0452. The summed E-state index contributed by atoms with van der Waals surface area (Å²) in [5.74, 6) is -8.70. The Morgan fingerprint density at radius 3 is 2.11 bits per heavy atom. The third-order valence-corrected chi connectivity index (χ3v) is 8.75. The third kappa shape index (κ3) is 11.9. The first-order valence-corrected chi connectivity index (χ1v) is 17.8. The number of hydrogen-bond donors (Lipinski definition) is 4. The summed E-state index contributed by atoms with van der Waals surface area (Å²) in [6.07, 6.45) is -5.69. The number of cyclic esters (lactones) is 4. The lowest BCUT2D eigenvalue weighted by molar-refractivity contribution is -0.183. The molecule has 2 rings (SSSR count). The molecule has 1 heterocycles. The number of ether oxygens (including phenoxy) is 5. The van der Waals surface area contributed by atoms with Gasteiger partial charge in [-0.3, -0.25) is 24.9 Å². The fourth-order valence-corrected chi connectivity index (χ4v) is 5.37. The number of para-hydroxylation sites is 1. The highest BCUT2D eigenvalue weighted by atomic mass is 16.6. The van der Waals surface area contributed by atoms with Crippen molar-refractivity contribution in [3.05, 3.63) is 23.8 Å². The van der Waals surface area contributed by atoms with E-state index in [1.54, 1.807) is 27.7 Å². The number of esters is 4. The van der Waals surface area contributed by atoms with Crippen LogP contribution >= 0.6 is 0 Å². The molecule has 0 spiro atoms. The van der Waals surface area contributed by atoms with Crippen LogP contribution in [0.1, 0.15) is 98.9 Å². The van der Waals surface area contributed by atoms with E-state index in [4.69, 9.17) is 29.4 Å². The third-order valence-electron chi connectivity index (χ3n) is 8.75. The van der Waals surface area contributed by atoms with Gasteiger partial charge in [0, 0.05) is 5.92 Å². The number of benzene rings is 1. The molecule has 0 aromatic heterocycles. The summed E-state index contributed by atoms with van der Waals surface area (Å²) in [4.78, 5) is 95.4. The number of aromatic hydroxyl groups is 1. The molecule has 1 aliphatic heterocycles. The molecule has 16 heteroatoms. The molecule has 296 valence electrons. The quantitative estimate of drug-likeness (QED) is 0.117. The van der Waals surface area contributed by atoms with E-state index in [-0.39, 0.29) is 42.7 Å². The van der Waals surface area contributed by atoms with Gasteiger partial charge in [-0.15, -0.1) is 0 Å². The van der Waals surface area contributed by atoms with Gasteiger partial charge in [0.2, 0.25) is 0 Å². The first-order chi connectivity index (χ1) is 24.7. The molecule has 1 aliphatic rings. The molecular formula is C37H55N3O13. The van der Waals surface area contributed by atoms with E-state index in [0.717, 1.165) is 0 Å². The second-order valence-electron chi connectivity index (χ2n) is 14.6. The highest BCUT2D eigenvalue weighted by Gasteiger charge is 2.46. The van der Waals surface area contributed by atoms with Gasteiger partial charge in [-0.25, -0.2) is 14.4 Å². The summed E-state index contributed by atoms with van der Waals surface area (Å²) < 4.78 is 27.3. The van der Waals surface area contributed by atoms with Crippen molar-refractivity contribution in [2.24, 2.45) is 28.9 Å². The molecule has 0 bridgehead atoms. The highest BCUT2D eigenvalue weighted by molar-refractivity contribution is 6.07. The lowest BCUT2D eigenvalue weighted by Gasteiger charge is -2.32. The number of phenolic OH excluding ortho intramolecular Hbond substituents is 1. The molecule has 5 N–H and O–H groups in total. The smallest absolute Gasteiger partial charge is 0.347 e. The van der Waals surface area contributed by atoms with Gasteiger partial charge in [0.15, 0.2) is 41.6 Å². The molecule has 7 atom stereocenters. The normalized spacial score (nSPS) is 25.6. The van der Waals surface area contributed by atoms with Crippen LogP contribution in [0.3, 0.4) is 0 Å². The van der Waals surface area contributed by atoms with Crippen molar-refractivity contribution < 1.29 is 62.4 Å². The molecule has 0 aliphatic carbocycles. The summed E-state index contributed by atoms with van der Waals surface area (Å²) in [5.41, 5.74) is 3.19. The van der Waals surface area contributed by atoms with Crippen LogP contribution < -0.4 is 21.1 Å². The molecule has 2 amide bonds. The molecule has 1 unspecified atom stereocenters. The van der Waals surface area contributed by atoms with Crippen molar-refractivity contribution >= 4 is 41.5 Å². The number of carbonyl (C=O) groups excluding carboxylic acids is 7. The molecule has 0 radical (unpaired) electrons. The van der Waals surface area contributed by atoms with Crippen LogP contribution in [0.15, 0.2) is 18.2 Å². The van der Waals surface area contributed by atoms with Gasteiger partial charge in [-0.05, 0) is 70.9 Å². The Hall–Kier alpha value is -4.73. The number of amides is 2. The van der Waals surface area contributed by atoms with Crippen molar-refractivity contribution in [3.63, 3.8) is 0 Å². The summed E-state index contributed by atoms with van der Waals surface area (Å²) in [7, 11) is 0. The van der Waals surface area contributed by atoms with E-state index >= 15 is 0 Å². The number of nitrogens with one attached hydrogen (secondary N) is 2. The monoisotopic (exact) mass is 749 g/mol. The predicted octanol–water partition coefficient (Wildman–Crippen LogP) is 2.70. The Labute approximate surface area is 310 Å². The molecule has 0 saturated carbocycles. The average molecular weight is 750 g/mol. The van der Waals surface area contributed by atoms with Gasteiger partial charge in [0.05, 0.1) is 11.6 Å². The summed E-state index contributed by atoms with van der Waals surface area (Å²) in [6.45, 7) is 15.3. The zero-order valence-corrected chi connectivity index (χ0v) is 32.2. The van der Waals surface area contributed by atoms with Gasteiger partial charge in [0.1, 0.15) is 18.2 Å². The van der Waals surface area contributed by atoms with Crippen molar-refractivity contribution in [1.29, 1.82) is 0 Å². The maximum absolute atomic E-state index is 14.0. The lowest BCUT2D eigenvalue weighted by Crippen LogP contribution is -2.55. The van der Waals surface area contributed by atoms with Crippen molar-refractivity contribution in [2.75, 3.05) is 6.73 Å². The van der Waals surface area contributed by atoms with Crippen molar-refractivity contribution in [3.8, 4) is 11.5 Å². The minimum atomic E-state index is -1.87. The topological polar surface area (TPSA) is 236 Å². The molecule has 16 nitrogen and oxygen atoms in total. The largest absolute Gasteiger partial charge is 0.504 e. The summed E-state index contributed by atoms with van der Waals surface area (Å²) >= 11 is 0. The first-order valence-electron chi connectivity index (χ1n) is 17.8. The van der Waals surface area contributed by atoms with Gasteiger partial charge in [-0.2, -0.15) is 0 Å². The van der Waals surface area contributed by atoms with Crippen LogP contribution in [0.4, 0.5) is 0 Å². The maximum Gasteiger partial charge on any atom is 0.347 e. The van der Waals surface area contributed by atoms with Gasteiger partial charge in [-0.1, -0.05) is 47.6 Å². The SMILES string of the molecule is CCC(C)[C@@H]1OC(=O)[C@H](C)OC(=O)[C@@H](NC(=O)c2cccc(OCN)c2O)[C@@H](C)OC(=O)[C@H](CC(C)C)OC(=O)C(C)(C)C(=O)[C@H](CC(C)C)NC1=O. The fourth-order valence-electron chi connectivity index (χ4n) is 5.37. The van der Waals surface area contributed by atoms with Crippen LogP contribution in [-0.2, 0) is 47.7 Å². The Morgan fingerprint density at radius 1 is 0.925 bits per heavy atom. The number of Topliss-reactive ketones (excluding diaryl/α,β-unsaturated/α-hetero) is 1. The van der Waals surface area contributed by atoms with Crippen LogP contribution in [0.25, 0.3) is 0 Å². The Balaban J connectivity index is 2.68. The standard InChI is InChI=1S/C37H55N3O13/c1-11-20(6)29-32(44)39-24(15-18(2)3)30(42)37(9,10)36(48)52-26(16-19(4)5)34(46)50-21(7)27(35(47)51-22(8)33(45)53-29)40-31(43)23-13-12-14-25(28(23)41)49-17-38/h12-14,18-22,24,26-27,29,41H,11,15-17,38H2,1-10H3,(H,39,44)(H,40,43)/t20?,21-,22+,24+,26+,27+,29+/m1/s1. The van der Waals surface area contributed by atoms with E-state index in [9.17, 15) is 38.7 Å². The number of phenols is 1. The van der Waals surface area contributed by atoms with Crippen LogP contribution in [0.2, 0.25) is 0 Å². The first kappa shape index (κ1) is 44.4. The predicted molar refractivity (Wildman–Crippen MR) is 189 cm³/mol. The highest BCUT2D eigenvalue weighted by Crippen LogP contribution is 2.30. The van der Waals surface area contributed by atoms with Crippen molar-refractivity contribution in [2.45, 2.75) is 125 Å². The minimum Gasteiger partial charge on any atom is -0.504 e. The molecule has 1 aromatic rings. The molecular weight excluding hydrogens is 694 g/mol. The maximum atomic E-state index is 14.0. The second kappa shape index (κ2) is 19.4. The van der Waals surface area contributed by atoms with Gasteiger partial charge < -0.3 is 39.4 Å². The summed E-state index contributed by atoms with van der Waals surface area (Å²) in [6, 6.07) is 0.952. The van der Waals surface area contributed by atoms with E-state index in [1.807, 2.05) is 13.8 Å². The van der Waals surface area contributed by atoms with Crippen LogP contribution in [0.5, 0.6) is 11.5 Å². The van der Waals surface area contributed by atoms with E-state index in [0.29, 0.717) is 6.42 Å². The molecule has 53 heavy (non-hydrogen) atoms. The zero-order chi connectivity index (χ0) is 40.4.